The van der Waals surface area contributed by atoms with Gasteiger partial charge in [-0.1, -0.05) is 0 Å². The summed E-state index contributed by atoms with van der Waals surface area (Å²) in [5.74, 6) is 0.0607. The zero-order chi connectivity index (χ0) is 29.7. The van der Waals surface area contributed by atoms with E-state index < -0.39 is 75.3 Å². The highest BCUT2D eigenvalue weighted by Crippen LogP contribution is 2.50. The molecule has 3 aromatic rings. The number of anilines is 2. The summed E-state index contributed by atoms with van der Waals surface area (Å²) in [5, 5.41) is 31.4. The predicted octanol–water partition coefficient (Wildman–Crippen LogP) is -2.34. The normalized spacial score (nSPS) is 33.4. The molecule has 2 aliphatic rings. The van der Waals surface area contributed by atoms with Crippen LogP contribution in [0.2, 0.25) is 0 Å². The van der Waals surface area contributed by atoms with E-state index in [0.717, 1.165) is 4.57 Å². The minimum absolute atomic E-state index is 0.0602. The van der Waals surface area contributed by atoms with Crippen LogP contribution in [0.25, 0.3) is 11.2 Å². The number of phosphoric acid groups is 1. The van der Waals surface area contributed by atoms with Crippen molar-refractivity contribution in [3.05, 3.63) is 35.4 Å². The van der Waals surface area contributed by atoms with Crippen LogP contribution in [-0.2, 0) is 27.8 Å². The molecule has 3 aromatic heterocycles. The number of nitrogens with two attached hydrogens (primary N) is 2. The second-order valence-electron chi connectivity index (χ2n) is 9.61. The number of fused-ring (bicyclic) bond motifs is 1. The third kappa shape index (κ3) is 5.32. The largest absolute Gasteiger partial charge is 0.472 e. The van der Waals surface area contributed by atoms with Gasteiger partial charge < -0.3 is 45.9 Å². The number of nitrogens with zero attached hydrogens (tertiary/aromatic N) is 6. The fourth-order valence-electron chi connectivity index (χ4n) is 4.85. The highest BCUT2D eigenvalue weighted by molar-refractivity contribution is 7.47. The van der Waals surface area contributed by atoms with Gasteiger partial charge >= 0.3 is 13.5 Å². The van der Waals surface area contributed by atoms with Crippen LogP contribution in [0.5, 0.6) is 0 Å². The van der Waals surface area contributed by atoms with E-state index >= 15 is 0 Å². The molecule has 0 bridgehead atoms. The molecule has 9 atom stereocenters. The monoisotopic (exact) mass is 600 g/mol. The van der Waals surface area contributed by atoms with Crippen molar-refractivity contribution in [2.75, 3.05) is 31.8 Å². The molecular weight excluding hydrogens is 571 g/mol. The molecule has 1 unspecified atom stereocenters. The smallest absolute Gasteiger partial charge is 0.394 e. The highest BCUT2D eigenvalue weighted by atomic mass is 31.2. The van der Waals surface area contributed by atoms with Crippen molar-refractivity contribution in [1.82, 2.24) is 29.1 Å². The fraction of sp³-hybridized carbons (Fsp3) is 0.571. The highest BCUT2D eigenvalue weighted by Gasteiger charge is 2.55. The van der Waals surface area contributed by atoms with Crippen molar-refractivity contribution in [1.29, 1.82) is 0 Å². The Morgan fingerprint density at radius 3 is 2.61 bits per heavy atom. The summed E-state index contributed by atoms with van der Waals surface area (Å²) < 4.78 is 42.8. The average Bonchev–Trinajstić information content (AvgIpc) is 3.56. The first-order chi connectivity index (χ1) is 19.4. The number of aromatic nitrogens is 6. The molecule has 5 rings (SSSR count). The maximum atomic E-state index is 13.0. The van der Waals surface area contributed by atoms with Gasteiger partial charge in [0.25, 0.3) is 0 Å². The Morgan fingerprint density at radius 2 is 1.93 bits per heavy atom. The molecular formula is C21H29N8O11P. The molecule has 2 fully saturated rings. The number of rotatable bonds is 9. The van der Waals surface area contributed by atoms with E-state index in [1.807, 2.05) is 0 Å². The molecule has 2 aliphatic heterocycles. The number of nitrogen functional groups attached to an aromatic ring is 2. The predicted molar refractivity (Wildman–Crippen MR) is 136 cm³/mol. The standard InChI is InChI=1S/C21H29N8O11P/c1-21(33)15(31)10(39-19(21)28-4-3-11(22)27-20(28)32)6-37-41(34,35)40-13-9(5-30)38-18(14(13)36-2)29-8-26-12-16(23)24-7-25-17(12)29/h3-4,7-10,13-15,18-19,30-31,33H,5-6H2,1-2H3,(H,34,35)(H2,22,27,32)(H2,23,24,25)/t9-,10-,13-,14-,15-,18-,19-,21-/m1/s1. The summed E-state index contributed by atoms with van der Waals surface area (Å²) >= 11 is 0. The molecule has 0 aromatic carbocycles. The van der Waals surface area contributed by atoms with Crippen LogP contribution in [0.15, 0.2) is 29.7 Å². The lowest BCUT2D eigenvalue weighted by molar-refractivity contribution is -0.0988. The van der Waals surface area contributed by atoms with Gasteiger partial charge in [-0.15, -0.1) is 0 Å². The second kappa shape index (κ2) is 11.0. The van der Waals surface area contributed by atoms with Crippen LogP contribution in [0.1, 0.15) is 19.4 Å². The van der Waals surface area contributed by atoms with Crippen LogP contribution >= 0.6 is 7.82 Å². The molecule has 224 valence electrons. The molecule has 2 saturated heterocycles. The van der Waals surface area contributed by atoms with Crippen molar-refractivity contribution < 1.29 is 48.0 Å². The lowest BCUT2D eigenvalue weighted by atomic mass is 9.96. The molecule has 19 nitrogen and oxygen atoms in total. The van der Waals surface area contributed by atoms with E-state index in [-0.39, 0.29) is 22.8 Å². The fourth-order valence-corrected chi connectivity index (χ4v) is 5.81. The van der Waals surface area contributed by atoms with Crippen molar-refractivity contribution in [2.24, 2.45) is 0 Å². The van der Waals surface area contributed by atoms with Gasteiger partial charge in [-0.05, 0) is 13.0 Å². The van der Waals surface area contributed by atoms with E-state index in [1.165, 1.54) is 43.5 Å². The minimum Gasteiger partial charge on any atom is -0.394 e. The lowest BCUT2D eigenvalue weighted by Crippen LogP contribution is -2.46. The Hall–Kier alpha value is -3.10. The number of methoxy groups -OCH3 is 1. The second-order valence-corrected chi connectivity index (χ2v) is 11.0. The molecule has 0 spiro atoms. The van der Waals surface area contributed by atoms with Gasteiger partial charge in [0, 0.05) is 13.3 Å². The molecule has 0 saturated carbocycles. The SMILES string of the molecule is CO[C@@H]1[C@H](OP(=O)(O)OC[C@H]2O[C@@H](n3ccc(N)nc3=O)[C@](C)(O)[C@@H]2O)[C@@H](CO)O[C@H]1n1cnc2c(N)ncnc21. The third-order valence-corrected chi connectivity index (χ3v) is 7.90. The van der Waals surface area contributed by atoms with Crippen molar-refractivity contribution in [3.8, 4) is 0 Å². The van der Waals surface area contributed by atoms with Crippen molar-refractivity contribution >= 4 is 30.6 Å². The summed E-state index contributed by atoms with van der Waals surface area (Å²) in [5.41, 5.74) is 9.05. The number of aliphatic hydroxyl groups is 3. The Morgan fingerprint density at radius 1 is 1.17 bits per heavy atom. The number of hydrogen-bond acceptors (Lipinski definition) is 16. The molecule has 5 heterocycles. The molecule has 0 amide bonds. The van der Waals surface area contributed by atoms with E-state index in [4.69, 9.17) is 34.7 Å². The summed E-state index contributed by atoms with van der Waals surface area (Å²) in [6.45, 7) is -0.146. The minimum atomic E-state index is -4.94. The van der Waals surface area contributed by atoms with Gasteiger partial charge in [-0.25, -0.2) is 24.3 Å². The van der Waals surface area contributed by atoms with E-state index in [1.54, 1.807) is 0 Å². The van der Waals surface area contributed by atoms with E-state index in [9.17, 15) is 29.6 Å². The van der Waals surface area contributed by atoms with Crippen LogP contribution in [0.3, 0.4) is 0 Å². The first-order valence-electron chi connectivity index (χ1n) is 12.2. The maximum absolute atomic E-state index is 13.0. The van der Waals surface area contributed by atoms with Gasteiger partial charge in [0.05, 0.1) is 19.5 Å². The molecule has 0 aliphatic carbocycles. The summed E-state index contributed by atoms with van der Waals surface area (Å²) in [6.07, 6.45) is -5.18. The van der Waals surface area contributed by atoms with Gasteiger partial charge in [0.2, 0.25) is 0 Å². The van der Waals surface area contributed by atoms with Gasteiger partial charge in [-0.3, -0.25) is 18.2 Å². The molecule has 8 N–H and O–H groups in total. The first kappa shape index (κ1) is 29.4. The van der Waals surface area contributed by atoms with Crippen LogP contribution in [0, 0.1) is 0 Å². The van der Waals surface area contributed by atoms with Crippen LogP contribution in [0.4, 0.5) is 11.6 Å². The maximum Gasteiger partial charge on any atom is 0.472 e. The summed E-state index contributed by atoms with van der Waals surface area (Å²) in [7, 11) is -3.64. The first-order valence-corrected chi connectivity index (χ1v) is 13.7. The Balaban J connectivity index is 1.30. The Labute approximate surface area is 230 Å². The zero-order valence-corrected chi connectivity index (χ0v) is 22.6. The zero-order valence-electron chi connectivity index (χ0n) is 21.7. The number of ether oxygens (including phenoxy) is 3. The van der Waals surface area contributed by atoms with E-state index in [0.29, 0.717) is 0 Å². The molecule has 20 heteroatoms. The third-order valence-electron chi connectivity index (χ3n) is 6.91. The number of hydrogen-bond donors (Lipinski definition) is 6. The van der Waals surface area contributed by atoms with Crippen molar-refractivity contribution in [2.45, 2.75) is 55.5 Å². The van der Waals surface area contributed by atoms with Crippen LogP contribution < -0.4 is 17.2 Å². The van der Waals surface area contributed by atoms with Gasteiger partial charge in [0.15, 0.2) is 23.9 Å². The molecule has 41 heavy (non-hydrogen) atoms. The van der Waals surface area contributed by atoms with Crippen LogP contribution in [-0.4, -0.2) is 106 Å². The van der Waals surface area contributed by atoms with Gasteiger partial charge in [0.1, 0.15) is 53.8 Å². The van der Waals surface area contributed by atoms with Crippen molar-refractivity contribution in [3.63, 3.8) is 0 Å². The number of imidazole rings is 1. The number of aliphatic hydroxyl groups excluding tert-OH is 2. The van der Waals surface area contributed by atoms with E-state index in [2.05, 4.69) is 19.9 Å². The number of phosphoric ester groups is 1. The molecule has 0 radical (unpaired) electrons. The average molecular weight is 600 g/mol. The summed E-state index contributed by atoms with van der Waals surface area (Å²) in [4.78, 5) is 38.6. The van der Waals surface area contributed by atoms with Gasteiger partial charge in [-0.2, -0.15) is 4.98 Å². The topological polar surface area (TPSA) is 275 Å². The Bertz CT molecular complexity index is 1520. The Kier molecular flexibility index (Phi) is 7.85. The quantitative estimate of drug-likeness (QED) is 0.140. The summed E-state index contributed by atoms with van der Waals surface area (Å²) in [6, 6.07) is 1.29. The lowest BCUT2D eigenvalue weighted by Gasteiger charge is -2.27.